The normalized spacial score (nSPS) is 20.2. The molecule has 3 saturated heterocycles. The van der Waals surface area contributed by atoms with E-state index in [9.17, 15) is 49.9 Å². The molecule has 0 aromatic rings. The molecule has 3 fully saturated rings. The van der Waals surface area contributed by atoms with Crippen molar-refractivity contribution < 1.29 is 102 Å². The third kappa shape index (κ3) is 24.6. The Labute approximate surface area is 250 Å². The molecular weight excluding hydrogens is 660 g/mol. The van der Waals surface area contributed by atoms with Crippen LogP contribution in [0.2, 0.25) is 0 Å². The number of aliphatic hydroxyl groups is 1. The first-order valence-electron chi connectivity index (χ1n) is 12.0. The number of ketones is 1. The van der Waals surface area contributed by atoms with Gasteiger partial charge in [-0.15, -0.1) is 0 Å². The van der Waals surface area contributed by atoms with Crippen LogP contribution in [0.15, 0.2) is 0 Å². The zero-order valence-corrected chi connectivity index (χ0v) is 24.3. The molecule has 0 bridgehead atoms. The highest BCUT2D eigenvalue weighted by molar-refractivity contribution is 5.72. The van der Waals surface area contributed by atoms with Crippen molar-refractivity contribution in [2.24, 2.45) is 0 Å². The molecule has 23 heteroatoms. The van der Waals surface area contributed by atoms with Crippen LogP contribution in [-0.4, -0.2) is 124 Å². The lowest BCUT2D eigenvalue weighted by Gasteiger charge is -2.35. The van der Waals surface area contributed by atoms with E-state index in [0.717, 1.165) is 4.90 Å². The lowest BCUT2D eigenvalue weighted by atomic mass is 10.3. The average molecular weight is 698 g/mol. The molecule has 0 amide bonds. The van der Waals surface area contributed by atoms with Gasteiger partial charge in [-0.3, -0.25) is 14.1 Å². The monoisotopic (exact) mass is 697 g/mol. The summed E-state index contributed by atoms with van der Waals surface area (Å²) in [7, 11) is 0. The van der Waals surface area contributed by atoms with Gasteiger partial charge in [-0.1, -0.05) is 13.8 Å². The molecule has 0 aliphatic carbocycles. The molecule has 3 aliphatic heterocycles. The van der Waals surface area contributed by atoms with Gasteiger partial charge in [-0.05, 0) is 13.8 Å². The number of alkyl halides is 7. The average Bonchev–Trinajstić information content (AvgIpc) is 3.64. The van der Waals surface area contributed by atoms with Crippen molar-refractivity contribution in [3.05, 3.63) is 0 Å². The molecule has 0 radical (unpaired) electrons. The van der Waals surface area contributed by atoms with Crippen LogP contribution in [0.5, 0.6) is 0 Å². The van der Waals surface area contributed by atoms with Gasteiger partial charge in [0.1, 0.15) is 32.3 Å². The molecule has 3 rings (SSSR count). The summed E-state index contributed by atoms with van der Waals surface area (Å²) in [5.74, 6) is -3.02. The van der Waals surface area contributed by atoms with Gasteiger partial charge in [0.05, 0.1) is 13.2 Å². The lowest BCUT2D eigenvalue weighted by molar-refractivity contribution is -0.306. The van der Waals surface area contributed by atoms with Gasteiger partial charge in [0.2, 0.25) is 0 Å². The van der Waals surface area contributed by atoms with Gasteiger partial charge >= 0.3 is 37.5 Å². The first-order valence-corrected chi connectivity index (χ1v) is 12.0. The van der Waals surface area contributed by atoms with Crippen LogP contribution in [0.25, 0.3) is 0 Å². The van der Waals surface area contributed by atoms with Crippen molar-refractivity contribution >= 4 is 24.2 Å². The summed E-state index contributed by atoms with van der Waals surface area (Å²) in [6.45, 7) is 1.41. The zero-order chi connectivity index (χ0) is 32.9. The third-order valence-electron chi connectivity index (χ3n) is 4.26. The summed E-state index contributed by atoms with van der Waals surface area (Å²) in [6, 6.07) is 0. The highest BCUT2D eigenvalue weighted by atomic mass is 19.4. The maximum absolute atomic E-state index is 14.1. The van der Waals surface area contributed by atoms with Crippen LogP contribution in [0.3, 0.4) is 0 Å². The molecular formula is C22H37F10NO12. The Balaban J connectivity index is -0.000000166. The number of Topliss-reactive ketones (excluding diaryl/α,β-unsaturated/α-hetero) is 1. The molecule has 272 valence electrons. The minimum Gasteiger partial charge on any atom is -0.430 e. The van der Waals surface area contributed by atoms with Gasteiger partial charge in [0.25, 0.3) is 0 Å². The molecule has 0 aromatic carbocycles. The number of rotatable bonds is 9. The van der Waals surface area contributed by atoms with E-state index in [1.54, 1.807) is 13.8 Å². The number of hydrogen-bond donors (Lipinski definition) is 1. The van der Waals surface area contributed by atoms with Crippen molar-refractivity contribution in [2.75, 3.05) is 52.8 Å². The predicted octanol–water partition coefficient (Wildman–Crippen LogP) is 4.01. The summed E-state index contributed by atoms with van der Waals surface area (Å²) in [4.78, 5) is 41.0. The van der Waals surface area contributed by atoms with E-state index in [-0.39, 0.29) is 59.4 Å². The van der Waals surface area contributed by atoms with Gasteiger partial charge < -0.3 is 43.1 Å². The Morgan fingerprint density at radius 2 is 1.18 bits per heavy atom. The minimum atomic E-state index is -3.67. The highest BCUT2D eigenvalue weighted by Crippen LogP contribution is 2.28. The summed E-state index contributed by atoms with van der Waals surface area (Å²) >= 11 is 0. The summed E-state index contributed by atoms with van der Waals surface area (Å²) in [6.07, 6.45) is -7.66. The fourth-order valence-corrected chi connectivity index (χ4v) is 2.50. The number of carbonyl (C=O) groups excluding carboxylic acids is 4. The van der Waals surface area contributed by atoms with Gasteiger partial charge in [0.15, 0.2) is 18.3 Å². The summed E-state index contributed by atoms with van der Waals surface area (Å²) < 4.78 is 111. The Morgan fingerprint density at radius 3 is 1.38 bits per heavy atom. The van der Waals surface area contributed by atoms with E-state index in [0.29, 0.717) is 0 Å². The van der Waals surface area contributed by atoms with Crippen molar-refractivity contribution in [3.63, 3.8) is 0 Å². The highest BCUT2D eigenvalue weighted by Gasteiger charge is 2.47. The number of ether oxygens (including phenoxy) is 7. The predicted molar refractivity (Wildman–Crippen MR) is 131 cm³/mol. The molecule has 3 aliphatic rings. The van der Waals surface area contributed by atoms with Crippen molar-refractivity contribution in [1.29, 1.82) is 0 Å². The third-order valence-corrected chi connectivity index (χ3v) is 4.26. The van der Waals surface area contributed by atoms with E-state index >= 15 is 0 Å². The second-order valence-electron chi connectivity index (χ2n) is 7.79. The number of cyclic esters (lactones) is 6. The maximum Gasteiger partial charge on any atom is 0.508 e. The number of carbonyl (C=O) groups is 4. The van der Waals surface area contributed by atoms with E-state index in [1.807, 2.05) is 0 Å². The van der Waals surface area contributed by atoms with Crippen molar-refractivity contribution in [1.82, 2.24) is 4.90 Å². The Bertz CT molecular complexity index is 769. The van der Waals surface area contributed by atoms with Gasteiger partial charge in [-0.25, -0.2) is 32.5 Å². The molecule has 3 heterocycles. The largest absolute Gasteiger partial charge is 0.508 e. The van der Waals surface area contributed by atoms with E-state index in [1.165, 1.54) is 13.8 Å². The molecule has 4 unspecified atom stereocenters. The second-order valence-corrected chi connectivity index (χ2v) is 7.79. The Kier molecular flexibility index (Phi) is 32.1. The van der Waals surface area contributed by atoms with E-state index < -0.39 is 69.1 Å². The second kappa shape index (κ2) is 28.2. The van der Waals surface area contributed by atoms with Crippen molar-refractivity contribution in [3.8, 4) is 0 Å². The van der Waals surface area contributed by atoms with Crippen LogP contribution < -0.4 is 0 Å². The van der Waals surface area contributed by atoms with E-state index in [4.69, 9.17) is 5.11 Å². The maximum atomic E-state index is 14.1. The van der Waals surface area contributed by atoms with Gasteiger partial charge in [-0.2, -0.15) is 17.6 Å². The molecule has 45 heavy (non-hydrogen) atoms. The smallest absolute Gasteiger partial charge is 0.430 e. The fraction of sp³-hybridized carbons (Fsp3) is 0.818. The number of aliphatic hydroxyl groups excluding tert-OH is 1. The van der Waals surface area contributed by atoms with Crippen LogP contribution >= 0.6 is 0 Å². The fourth-order valence-electron chi connectivity index (χ4n) is 2.50. The van der Waals surface area contributed by atoms with Crippen LogP contribution in [0.4, 0.5) is 59.2 Å². The topological polar surface area (TPSA) is 156 Å². The first-order chi connectivity index (χ1) is 19.6. The SMILES string of the molecule is CC(C)=O.CCN(CC)C(F)(OCC1COC(=O)O1)C(F)F.F.F.F.FC(F)F.O=C1OCC(CF)O1.O=C1OCC(CO)O1. The van der Waals surface area contributed by atoms with Crippen LogP contribution in [-0.2, 0) is 38.0 Å². The van der Waals surface area contributed by atoms with Crippen LogP contribution in [0, 0.1) is 0 Å². The molecule has 1 N–H and O–H groups in total. The lowest BCUT2D eigenvalue weighted by Crippen LogP contribution is -2.53. The molecule has 0 aromatic heterocycles. The molecule has 0 saturated carbocycles. The Hall–Kier alpha value is -3.34. The summed E-state index contributed by atoms with van der Waals surface area (Å²) in [5.41, 5.74) is 0. The molecule has 4 atom stereocenters. The quantitative estimate of drug-likeness (QED) is 0.121. The van der Waals surface area contributed by atoms with Gasteiger partial charge in [0, 0.05) is 13.1 Å². The van der Waals surface area contributed by atoms with Crippen molar-refractivity contribution in [2.45, 2.75) is 65.1 Å². The number of hydrogen-bond acceptors (Lipinski definition) is 13. The molecule has 13 nitrogen and oxygen atoms in total. The molecule has 0 spiro atoms. The first kappa shape index (κ1) is 51.2. The standard InChI is InChI=1S/C10H16F3NO4.C4H5FO3.C4H6O4.C3H6O.CHF3.3FH/c1-3-14(4-2)10(13,8(11)12)17-6-7-5-16-9(15)18-7;2*5-1-3-2-7-4(6)8-3;1-3(2)4;2-1(3)4;;;/h7-8H,3-6H2,1-2H3;3H,1-2H2;3,5H,1-2H2;1-2H3;1H;3*1H. The Morgan fingerprint density at radius 1 is 0.844 bits per heavy atom. The minimum absolute atomic E-state index is 0. The van der Waals surface area contributed by atoms with E-state index in [2.05, 4.69) is 33.2 Å². The summed E-state index contributed by atoms with van der Waals surface area (Å²) in [5, 5.41) is 8.33. The van der Waals surface area contributed by atoms with Crippen LogP contribution in [0.1, 0.15) is 27.7 Å². The number of nitrogens with zero attached hydrogens (tertiary/aromatic N) is 1. The zero-order valence-electron chi connectivity index (χ0n) is 24.3. The number of halogens is 10.